The fraction of sp³-hybridized carbons (Fsp3) is 0.143. The highest BCUT2D eigenvalue weighted by Crippen LogP contribution is 2.34. The van der Waals surface area contributed by atoms with E-state index in [0.29, 0.717) is 11.4 Å². The van der Waals surface area contributed by atoms with Crippen molar-refractivity contribution in [1.29, 1.82) is 0 Å². The molecule has 1 aliphatic rings. The number of para-hydroxylation sites is 1. The van der Waals surface area contributed by atoms with E-state index < -0.39 is 12.1 Å². The molecule has 4 aromatic heterocycles. The van der Waals surface area contributed by atoms with Crippen molar-refractivity contribution < 1.29 is 9.59 Å². The van der Waals surface area contributed by atoms with Crippen LogP contribution in [0.3, 0.4) is 0 Å². The zero-order valence-electron chi connectivity index (χ0n) is 21.3. The summed E-state index contributed by atoms with van der Waals surface area (Å²) in [5.41, 5.74) is 3.87. The van der Waals surface area contributed by atoms with Crippen LogP contribution in [0.25, 0.3) is 10.9 Å². The Morgan fingerprint density at radius 3 is 2.02 bits per heavy atom. The number of benzene rings is 1. The number of pyridine rings is 2. The van der Waals surface area contributed by atoms with Gasteiger partial charge in [-0.3, -0.25) is 19.9 Å². The van der Waals surface area contributed by atoms with Crippen molar-refractivity contribution in [3.63, 3.8) is 0 Å². The number of anilines is 4. The fourth-order valence-corrected chi connectivity index (χ4v) is 4.68. The highest BCUT2D eigenvalue weighted by Gasteiger charge is 2.33. The molecule has 12 heteroatoms. The molecule has 4 amide bonds. The van der Waals surface area contributed by atoms with E-state index in [1.54, 1.807) is 24.5 Å². The molecule has 0 bridgehead atoms. The van der Waals surface area contributed by atoms with Crippen molar-refractivity contribution >= 4 is 46.0 Å². The summed E-state index contributed by atoms with van der Waals surface area (Å²) in [6, 6.07) is 9.63. The van der Waals surface area contributed by atoms with Gasteiger partial charge in [0.15, 0.2) is 11.6 Å². The number of urea groups is 2. The smallest absolute Gasteiger partial charge is 0.306 e. The lowest BCUT2D eigenvalue weighted by atomic mass is 9.92. The Morgan fingerprint density at radius 2 is 1.35 bits per heavy atom. The number of amides is 4. The summed E-state index contributed by atoms with van der Waals surface area (Å²) in [6.45, 7) is 0. The third-order valence-corrected chi connectivity index (χ3v) is 6.45. The van der Waals surface area contributed by atoms with E-state index in [1.807, 2.05) is 24.3 Å². The minimum absolute atomic E-state index is 0.0940. The first-order valence-electron chi connectivity index (χ1n) is 12.7. The van der Waals surface area contributed by atoms with Gasteiger partial charge in [0.25, 0.3) is 0 Å². The first-order chi connectivity index (χ1) is 19.7. The van der Waals surface area contributed by atoms with Crippen molar-refractivity contribution in [2.24, 2.45) is 0 Å². The first-order valence-corrected chi connectivity index (χ1v) is 12.7. The summed E-state index contributed by atoms with van der Waals surface area (Å²) in [7, 11) is 0. The van der Waals surface area contributed by atoms with Gasteiger partial charge >= 0.3 is 12.1 Å². The quantitative estimate of drug-likeness (QED) is 0.315. The van der Waals surface area contributed by atoms with Gasteiger partial charge in [-0.25, -0.2) is 19.6 Å². The second kappa shape index (κ2) is 11.1. The molecule has 0 radical (unpaired) electrons. The average Bonchev–Trinajstić information content (AvgIpc) is 3.01. The summed E-state index contributed by atoms with van der Waals surface area (Å²) in [6.07, 6.45) is 15.3. The minimum Gasteiger partial charge on any atom is -0.306 e. The number of carbonyl (C=O) groups is 2. The number of hydrogen-bond acceptors (Lipinski definition) is 8. The van der Waals surface area contributed by atoms with Gasteiger partial charge in [-0.1, -0.05) is 18.2 Å². The summed E-state index contributed by atoms with van der Waals surface area (Å²) in [5.74, 6) is 0.194. The predicted octanol–water partition coefficient (Wildman–Crippen LogP) is 4.78. The van der Waals surface area contributed by atoms with Crippen LogP contribution in [0.2, 0.25) is 0 Å². The maximum Gasteiger partial charge on any atom is 0.347 e. The van der Waals surface area contributed by atoms with Crippen LogP contribution >= 0.6 is 0 Å². The van der Waals surface area contributed by atoms with Gasteiger partial charge in [0.05, 0.1) is 23.6 Å². The summed E-state index contributed by atoms with van der Waals surface area (Å²) >= 11 is 0. The Balaban J connectivity index is 1.46. The number of nitrogens with zero attached hydrogens (tertiary/aromatic N) is 8. The molecule has 198 valence electrons. The predicted molar refractivity (Wildman–Crippen MR) is 150 cm³/mol. The highest BCUT2D eigenvalue weighted by molar-refractivity contribution is 6.14. The minimum atomic E-state index is -0.672. The summed E-state index contributed by atoms with van der Waals surface area (Å²) < 4.78 is 0. The molecule has 0 unspecified atom stereocenters. The maximum absolute atomic E-state index is 14.3. The third-order valence-electron chi connectivity index (χ3n) is 6.45. The standard InChI is InChI=1S/C28H24N10O2/c39-27(34-19-9-11-29-12-10-19)37(24-17-30-13-15-32-24)38(25-18-31-14-16-33-25)28(40)36-26-20-5-1-3-7-22(20)35-23-8-4-2-6-21(23)26/h1,3,5,7,9-18H,2,4,6,8H2,(H,29,34,39)(H,35,36,40). The van der Waals surface area contributed by atoms with Crippen molar-refractivity contribution in [2.45, 2.75) is 25.7 Å². The van der Waals surface area contributed by atoms with Crippen molar-refractivity contribution in [1.82, 2.24) is 29.9 Å². The van der Waals surface area contributed by atoms with Gasteiger partial charge in [-0.15, -0.1) is 0 Å². The molecule has 4 heterocycles. The average molecular weight is 533 g/mol. The van der Waals surface area contributed by atoms with E-state index in [9.17, 15) is 9.59 Å². The monoisotopic (exact) mass is 532 g/mol. The van der Waals surface area contributed by atoms with E-state index in [4.69, 9.17) is 4.98 Å². The van der Waals surface area contributed by atoms with Crippen LogP contribution in [0.15, 0.2) is 86.0 Å². The molecule has 0 aliphatic heterocycles. The second-order valence-electron chi connectivity index (χ2n) is 8.98. The van der Waals surface area contributed by atoms with E-state index in [0.717, 1.165) is 57.9 Å². The molecular weight excluding hydrogens is 508 g/mol. The van der Waals surface area contributed by atoms with E-state index in [2.05, 4.69) is 35.6 Å². The Morgan fingerprint density at radius 1 is 0.700 bits per heavy atom. The van der Waals surface area contributed by atoms with Crippen molar-refractivity contribution in [3.05, 3.63) is 97.2 Å². The molecule has 0 atom stereocenters. The maximum atomic E-state index is 14.3. The fourth-order valence-electron chi connectivity index (χ4n) is 4.68. The van der Waals surface area contributed by atoms with Gasteiger partial charge < -0.3 is 10.6 Å². The van der Waals surface area contributed by atoms with Crippen LogP contribution in [-0.4, -0.2) is 42.0 Å². The van der Waals surface area contributed by atoms with E-state index >= 15 is 0 Å². The lowest BCUT2D eigenvalue weighted by Gasteiger charge is -2.33. The number of carbonyl (C=O) groups excluding carboxylic acids is 2. The molecule has 1 aromatic carbocycles. The lowest BCUT2D eigenvalue weighted by molar-refractivity contribution is 0.248. The molecule has 1 aliphatic carbocycles. The number of aryl methyl sites for hydroxylation is 1. The van der Waals surface area contributed by atoms with Crippen molar-refractivity contribution in [2.75, 3.05) is 20.7 Å². The van der Waals surface area contributed by atoms with E-state index in [-0.39, 0.29) is 11.6 Å². The molecule has 12 nitrogen and oxygen atoms in total. The number of nitrogens with one attached hydrogen (secondary N) is 2. The Labute approximate surface area is 229 Å². The Kier molecular flexibility index (Phi) is 6.86. The zero-order chi connectivity index (χ0) is 27.3. The molecule has 0 spiro atoms. The van der Waals surface area contributed by atoms with Crippen molar-refractivity contribution in [3.8, 4) is 0 Å². The third kappa shape index (κ3) is 4.97. The molecule has 2 N–H and O–H groups in total. The highest BCUT2D eigenvalue weighted by atomic mass is 16.2. The molecule has 6 rings (SSSR count). The van der Waals surface area contributed by atoms with Gasteiger partial charge in [0, 0.05) is 53.9 Å². The number of hydrogen-bond donors (Lipinski definition) is 2. The van der Waals surface area contributed by atoms with Crippen LogP contribution in [0.5, 0.6) is 0 Å². The molecule has 0 fully saturated rings. The van der Waals surface area contributed by atoms with Gasteiger partial charge in [-0.2, -0.15) is 10.0 Å². The SMILES string of the molecule is O=C(Nc1ccncc1)N(c1cnccn1)N(C(=O)Nc1c2c(nc3ccccc13)CCCC2)c1cnccn1. The van der Waals surface area contributed by atoms with Crippen LogP contribution < -0.4 is 20.7 Å². The normalized spacial score (nSPS) is 12.3. The Bertz CT molecular complexity index is 1650. The second-order valence-corrected chi connectivity index (χ2v) is 8.98. The van der Waals surface area contributed by atoms with Gasteiger partial charge in [0.2, 0.25) is 0 Å². The van der Waals surface area contributed by atoms with E-state index in [1.165, 1.54) is 37.2 Å². The topological polar surface area (TPSA) is 142 Å². The lowest BCUT2D eigenvalue weighted by Crippen LogP contribution is -2.54. The van der Waals surface area contributed by atoms with Crippen LogP contribution in [-0.2, 0) is 12.8 Å². The van der Waals surface area contributed by atoms with Gasteiger partial charge in [0.1, 0.15) is 0 Å². The number of rotatable bonds is 4. The molecule has 0 saturated heterocycles. The Hall–Kier alpha value is -5.52. The zero-order valence-corrected chi connectivity index (χ0v) is 21.3. The number of fused-ring (bicyclic) bond motifs is 2. The van der Waals surface area contributed by atoms with Crippen LogP contribution in [0.4, 0.5) is 32.6 Å². The van der Waals surface area contributed by atoms with Gasteiger partial charge in [-0.05, 0) is 49.4 Å². The molecule has 40 heavy (non-hydrogen) atoms. The first kappa shape index (κ1) is 24.8. The number of aromatic nitrogens is 6. The summed E-state index contributed by atoms with van der Waals surface area (Å²) in [4.78, 5) is 53.8. The number of hydrazine groups is 1. The van der Waals surface area contributed by atoms with Crippen LogP contribution in [0, 0.1) is 0 Å². The molecule has 0 saturated carbocycles. The van der Waals surface area contributed by atoms with Crippen LogP contribution in [0.1, 0.15) is 24.1 Å². The summed E-state index contributed by atoms with van der Waals surface area (Å²) in [5, 5.41) is 8.84. The molecule has 5 aromatic rings. The largest absolute Gasteiger partial charge is 0.347 e. The molecular formula is C28H24N10O2.